The Labute approximate surface area is 121 Å². The molecule has 0 atom stereocenters. The predicted molar refractivity (Wildman–Crippen MR) is 70.5 cm³/mol. The zero-order valence-corrected chi connectivity index (χ0v) is 12.0. The van der Waals surface area contributed by atoms with Gasteiger partial charge in [0, 0.05) is 29.0 Å². The van der Waals surface area contributed by atoms with Crippen LogP contribution in [0.25, 0.3) is 0 Å². The second kappa shape index (κ2) is 5.40. The van der Waals surface area contributed by atoms with Crippen molar-refractivity contribution >= 4 is 21.7 Å². The van der Waals surface area contributed by atoms with Crippen LogP contribution in [0.3, 0.4) is 0 Å². The van der Waals surface area contributed by atoms with Crippen molar-refractivity contribution in [3.8, 4) is 0 Å². The van der Waals surface area contributed by atoms with Gasteiger partial charge in [0.2, 0.25) is 5.78 Å². The van der Waals surface area contributed by atoms with Crippen LogP contribution >= 0.6 is 15.9 Å². The van der Waals surface area contributed by atoms with Crippen molar-refractivity contribution in [1.29, 1.82) is 0 Å². The molecule has 1 aromatic heterocycles. The molecule has 0 fully saturated rings. The number of aryl methyl sites for hydroxylation is 1. The summed E-state index contributed by atoms with van der Waals surface area (Å²) >= 11 is 2.84. The lowest BCUT2D eigenvalue weighted by atomic mass is 10.1. The summed E-state index contributed by atoms with van der Waals surface area (Å²) in [4.78, 5) is 16.1. The van der Waals surface area contributed by atoms with E-state index < -0.39 is 17.5 Å². The van der Waals surface area contributed by atoms with Gasteiger partial charge in [-0.1, -0.05) is 15.9 Å². The molecule has 0 aliphatic heterocycles. The minimum absolute atomic E-state index is 0.0403. The first-order chi connectivity index (χ1) is 9.34. The summed E-state index contributed by atoms with van der Waals surface area (Å²) in [7, 11) is 0. The molecule has 7 heteroatoms. The molecular weight excluding hydrogens is 337 g/mol. The zero-order chi connectivity index (χ0) is 14.9. The van der Waals surface area contributed by atoms with Gasteiger partial charge in [0.1, 0.15) is 0 Å². The van der Waals surface area contributed by atoms with Crippen LogP contribution in [-0.2, 0) is 12.7 Å². The molecule has 0 unspecified atom stereocenters. The molecule has 0 bridgehead atoms. The van der Waals surface area contributed by atoms with Crippen molar-refractivity contribution in [2.24, 2.45) is 0 Å². The van der Waals surface area contributed by atoms with Crippen LogP contribution in [0.1, 0.15) is 28.7 Å². The first kappa shape index (κ1) is 14.8. The maximum Gasteiger partial charge on any atom is 0.417 e. The van der Waals surface area contributed by atoms with E-state index >= 15 is 0 Å². The van der Waals surface area contributed by atoms with Crippen LogP contribution in [0.2, 0.25) is 0 Å². The lowest BCUT2D eigenvalue weighted by molar-refractivity contribution is -0.138. The maximum atomic E-state index is 12.8. The highest BCUT2D eigenvalue weighted by molar-refractivity contribution is 9.10. The molecule has 0 amide bonds. The quantitative estimate of drug-likeness (QED) is 0.789. The highest BCUT2D eigenvalue weighted by atomic mass is 79.9. The molecule has 0 saturated carbocycles. The molecule has 2 aromatic rings. The van der Waals surface area contributed by atoms with E-state index in [2.05, 4.69) is 20.9 Å². The molecule has 20 heavy (non-hydrogen) atoms. The summed E-state index contributed by atoms with van der Waals surface area (Å²) in [5, 5.41) is 0. The first-order valence-electron chi connectivity index (χ1n) is 5.77. The SMILES string of the molecule is CCn1ccnc1C(=O)c1ccc(Br)c(C(F)(F)F)c1. The highest BCUT2D eigenvalue weighted by Gasteiger charge is 2.33. The zero-order valence-electron chi connectivity index (χ0n) is 10.4. The summed E-state index contributed by atoms with van der Waals surface area (Å²) in [5.74, 6) is -0.405. The van der Waals surface area contributed by atoms with E-state index in [1.165, 1.54) is 18.3 Å². The fourth-order valence-corrected chi connectivity index (χ4v) is 2.26. The molecule has 0 N–H and O–H groups in total. The second-order valence-electron chi connectivity index (χ2n) is 4.06. The van der Waals surface area contributed by atoms with E-state index in [1.807, 2.05) is 6.92 Å². The van der Waals surface area contributed by atoms with Gasteiger partial charge >= 0.3 is 6.18 Å². The van der Waals surface area contributed by atoms with Crippen molar-refractivity contribution in [2.45, 2.75) is 19.6 Å². The Morgan fingerprint density at radius 3 is 2.70 bits per heavy atom. The van der Waals surface area contributed by atoms with Crippen LogP contribution in [0.15, 0.2) is 35.1 Å². The number of nitrogens with zero attached hydrogens (tertiary/aromatic N) is 2. The molecule has 0 saturated heterocycles. The number of halogens is 4. The summed E-state index contributed by atoms with van der Waals surface area (Å²) in [6, 6.07) is 3.40. The highest BCUT2D eigenvalue weighted by Crippen LogP contribution is 2.35. The van der Waals surface area contributed by atoms with Gasteiger partial charge in [-0.2, -0.15) is 13.2 Å². The third-order valence-corrected chi connectivity index (χ3v) is 3.48. The van der Waals surface area contributed by atoms with Crippen molar-refractivity contribution in [3.63, 3.8) is 0 Å². The molecule has 0 aliphatic rings. The van der Waals surface area contributed by atoms with Crippen LogP contribution in [-0.4, -0.2) is 15.3 Å². The lowest BCUT2D eigenvalue weighted by Crippen LogP contribution is -2.13. The third-order valence-electron chi connectivity index (χ3n) is 2.79. The van der Waals surface area contributed by atoms with Gasteiger partial charge in [0.05, 0.1) is 5.56 Å². The smallest absolute Gasteiger partial charge is 0.328 e. The number of alkyl halides is 3. The van der Waals surface area contributed by atoms with Crippen molar-refractivity contribution < 1.29 is 18.0 Å². The van der Waals surface area contributed by atoms with Gasteiger partial charge in [0.15, 0.2) is 5.82 Å². The molecule has 0 spiro atoms. The summed E-state index contributed by atoms with van der Waals surface area (Å²) in [5.41, 5.74) is -0.917. The van der Waals surface area contributed by atoms with Crippen LogP contribution in [0.4, 0.5) is 13.2 Å². The van der Waals surface area contributed by atoms with Crippen molar-refractivity contribution in [2.75, 3.05) is 0 Å². The van der Waals surface area contributed by atoms with Crippen LogP contribution in [0, 0.1) is 0 Å². The first-order valence-corrected chi connectivity index (χ1v) is 6.56. The Bertz CT molecular complexity index is 649. The van der Waals surface area contributed by atoms with E-state index in [1.54, 1.807) is 10.8 Å². The van der Waals surface area contributed by atoms with E-state index in [4.69, 9.17) is 0 Å². The van der Waals surface area contributed by atoms with Gasteiger partial charge in [-0.15, -0.1) is 0 Å². The standard InChI is InChI=1S/C13H10BrF3N2O/c1-2-19-6-5-18-12(19)11(20)8-3-4-10(14)9(7-8)13(15,16)17/h3-7H,2H2,1H3. The van der Waals surface area contributed by atoms with Gasteiger partial charge in [-0.25, -0.2) is 4.98 Å². The van der Waals surface area contributed by atoms with Crippen molar-refractivity contribution in [3.05, 3.63) is 52.0 Å². The fourth-order valence-electron chi connectivity index (χ4n) is 1.79. The Morgan fingerprint density at radius 2 is 2.10 bits per heavy atom. The largest absolute Gasteiger partial charge is 0.417 e. The summed E-state index contributed by atoms with van der Waals surface area (Å²) < 4.78 is 39.9. The summed E-state index contributed by atoms with van der Waals surface area (Å²) in [6.07, 6.45) is -1.47. The van der Waals surface area contributed by atoms with Crippen LogP contribution in [0.5, 0.6) is 0 Å². The average molecular weight is 347 g/mol. The lowest BCUT2D eigenvalue weighted by Gasteiger charge is -2.11. The second-order valence-corrected chi connectivity index (χ2v) is 4.91. The number of hydrogen-bond acceptors (Lipinski definition) is 2. The van der Waals surface area contributed by atoms with E-state index in [0.717, 1.165) is 6.07 Å². The van der Waals surface area contributed by atoms with E-state index in [9.17, 15) is 18.0 Å². The van der Waals surface area contributed by atoms with E-state index in [-0.39, 0.29) is 15.9 Å². The van der Waals surface area contributed by atoms with Gasteiger partial charge in [0.25, 0.3) is 0 Å². The average Bonchev–Trinajstić information content (AvgIpc) is 2.85. The number of hydrogen-bond donors (Lipinski definition) is 0. The maximum absolute atomic E-state index is 12.8. The minimum Gasteiger partial charge on any atom is -0.328 e. The molecule has 106 valence electrons. The molecular formula is C13H10BrF3N2O. The van der Waals surface area contributed by atoms with Gasteiger partial charge < -0.3 is 4.57 Å². The van der Waals surface area contributed by atoms with Crippen molar-refractivity contribution in [1.82, 2.24) is 9.55 Å². The molecule has 0 radical (unpaired) electrons. The van der Waals surface area contributed by atoms with Crippen LogP contribution < -0.4 is 0 Å². The number of ketones is 1. The number of aromatic nitrogens is 2. The van der Waals surface area contributed by atoms with E-state index in [0.29, 0.717) is 6.54 Å². The number of imidazole rings is 1. The molecule has 0 aliphatic carbocycles. The normalized spacial score (nSPS) is 11.7. The number of benzene rings is 1. The molecule has 2 rings (SSSR count). The number of carbonyl (C=O) groups is 1. The van der Waals surface area contributed by atoms with Gasteiger partial charge in [-0.05, 0) is 25.1 Å². The fraction of sp³-hybridized carbons (Fsp3) is 0.231. The topological polar surface area (TPSA) is 34.9 Å². The molecule has 1 aromatic carbocycles. The minimum atomic E-state index is -4.52. The Hall–Kier alpha value is -1.63. The summed E-state index contributed by atoms with van der Waals surface area (Å²) in [6.45, 7) is 2.34. The third kappa shape index (κ3) is 2.77. The monoisotopic (exact) mass is 346 g/mol. The number of carbonyl (C=O) groups excluding carboxylic acids is 1. The number of rotatable bonds is 3. The molecule has 3 nitrogen and oxygen atoms in total. The Morgan fingerprint density at radius 1 is 1.40 bits per heavy atom. The predicted octanol–water partition coefficient (Wildman–Crippen LogP) is 3.92. The molecule has 1 heterocycles. The Kier molecular flexibility index (Phi) is 3.99. The van der Waals surface area contributed by atoms with Gasteiger partial charge in [-0.3, -0.25) is 4.79 Å². The Balaban J connectivity index is 2.46.